The van der Waals surface area contributed by atoms with E-state index >= 15 is 0 Å². The fourth-order valence-electron chi connectivity index (χ4n) is 3.21. The molecule has 3 heterocycles. The van der Waals surface area contributed by atoms with Gasteiger partial charge < -0.3 is 4.74 Å². The molecule has 1 fully saturated rings. The third-order valence-corrected chi connectivity index (χ3v) is 4.38. The van der Waals surface area contributed by atoms with Crippen molar-refractivity contribution in [3.8, 4) is 0 Å². The molecule has 104 valence electrons. The fraction of sp³-hybridized carbons (Fsp3) is 0.667. The van der Waals surface area contributed by atoms with E-state index in [0.29, 0.717) is 12.0 Å². The molecular formula is C15H23N3O. The molecule has 2 aliphatic rings. The second kappa shape index (κ2) is 5.78. The Bertz CT molecular complexity index is 432. The van der Waals surface area contributed by atoms with E-state index in [1.807, 2.05) is 12.5 Å². The van der Waals surface area contributed by atoms with Crippen molar-refractivity contribution in [3.63, 3.8) is 0 Å². The van der Waals surface area contributed by atoms with Crippen LogP contribution in [0, 0.1) is 6.92 Å². The summed E-state index contributed by atoms with van der Waals surface area (Å²) < 4.78 is 5.66. The van der Waals surface area contributed by atoms with E-state index < -0.39 is 0 Å². The van der Waals surface area contributed by atoms with Gasteiger partial charge in [0.25, 0.3) is 0 Å². The lowest BCUT2D eigenvalue weighted by molar-refractivity contribution is 0.0686. The molecule has 19 heavy (non-hydrogen) atoms. The summed E-state index contributed by atoms with van der Waals surface area (Å²) in [7, 11) is 0. The maximum atomic E-state index is 5.66. The van der Waals surface area contributed by atoms with Crippen molar-refractivity contribution in [2.75, 3.05) is 19.6 Å². The lowest BCUT2D eigenvalue weighted by atomic mass is 9.89. The van der Waals surface area contributed by atoms with Crippen LogP contribution in [0.3, 0.4) is 0 Å². The Morgan fingerprint density at radius 2 is 2.21 bits per heavy atom. The summed E-state index contributed by atoms with van der Waals surface area (Å²) in [5.41, 5.74) is 2.65. The summed E-state index contributed by atoms with van der Waals surface area (Å²) in [6.07, 6.45) is 11.2. The zero-order valence-corrected chi connectivity index (χ0v) is 11.6. The van der Waals surface area contributed by atoms with Gasteiger partial charge in [-0.15, -0.1) is 0 Å². The number of aromatic amines is 1. The molecule has 0 aliphatic carbocycles. The summed E-state index contributed by atoms with van der Waals surface area (Å²) in [4.78, 5) is 2.55. The van der Waals surface area contributed by atoms with Gasteiger partial charge in [-0.1, -0.05) is 0 Å². The molecule has 1 aromatic heterocycles. The van der Waals surface area contributed by atoms with E-state index in [2.05, 4.69) is 28.1 Å². The number of aromatic nitrogens is 2. The van der Waals surface area contributed by atoms with Crippen LogP contribution < -0.4 is 0 Å². The molecule has 1 saturated heterocycles. The van der Waals surface area contributed by atoms with Crippen LogP contribution in [0.25, 0.3) is 0 Å². The number of piperidine rings is 1. The first-order chi connectivity index (χ1) is 9.33. The first-order valence-corrected chi connectivity index (χ1v) is 7.35. The largest absolute Gasteiger partial charge is 0.497 e. The SMILES string of the molecule is Cc1[nH]ncc1C1CCN(CC2CCC=CO2)CC1. The number of aryl methyl sites for hydroxylation is 1. The van der Waals surface area contributed by atoms with Crippen molar-refractivity contribution in [3.05, 3.63) is 29.8 Å². The number of likely N-dealkylation sites (tertiary alicyclic amines) is 1. The monoisotopic (exact) mass is 261 g/mol. The van der Waals surface area contributed by atoms with Gasteiger partial charge in [0.2, 0.25) is 0 Å². The fourth-order valence-corrected chi connectivity index (χ4v) is 3.21. The molecule has 0 spiro atoms. The Morgan fingerprint density at radius 1 is 1.37 bits per heavy atom. The molecular weight excluding hydrogens is 238 g/mol. The lowest BCUT2D eigenvalue weighted by Gasteiger charge is -2.34. The topological polar surface area (TPSA) is 41.2 Å². The van der Waals surface area contributed by atoms with Crippen LogP contribution >= 0.6 is 0 Å². The van der Waals surface area contributed by atoms with Crippen molar-refractivity contribution in [2.24, 2.45) is 0 Å². The molecule has 0 bridgehead atoms. The molecule has 0 saturated carbocycles. The highest BCUT2D eigenvalue weighted by atomic mass is 16.5. The van der Waals surface area contributed by atoms with Crippen molar-refractivity contribution in [1.82, 2.24) is 15.1 Å². The molecule has 0 amide bonds. The van der Waals surface area contributed by atoms with Crippen molar-refractivity contribution >= 4 is 0 Å². The van der Waals surface area contributed by atoms with E-state index in [9.17, 15) is 0 Å². The van der Waals surface area contributed by atoms with Crippen LogP contribution in [0.15, 0.2) is 18.5 Å². The normalized spacial score (nSPS) is 25.4. The van der Waals surface area contributed by atoms with Gasteiger partial charge in [-0.3, -0.25) is 10.00 Å². The van der Waals surface area contributed by atoms with Gasteiger partial charge in [0.15, 0.2) is 0 Å². The summed E-state index contributed by atoms with van der Waals surface area (Å²) in [6.45, 7) is 5.57. The highest BCUT2D eigenvalue weighted by molar-refractivity contribution is 5.20. The lowest BCUT2D eigenvalue weighted by Crippen LogP contribution is -2.39. The highest BCUT2D eigenvalue weighted by Gasteiger charge is 2.24. The maximum Gasteiger partial charge on any atom is 0.111 e. The van der Waals surface area contributed by atoms with E-state index in [4.69, 9.17) is 4.74 Å². The molecule has 1 N–H and O–H groups in total. The Hall–Kier alpha value is -1.29. The van der Waals surface area contributed by atoms with Gasteiger partial charge >= 0.3 is 0 Å². The van der Waals surface area contributed by atoms with E-state index in [1.165, 1.54) is 37.2 Å². The zero-order valence-electron chi connectivity index (χ0n) is 11.6. The number of H-pyrrole nitrogens is 1. The molecule has 0 radical (unpaired) electrons. The van der Waals surface area contributed by atoms with Crippen molar-refractivity contribution in [1.29, 1.82) is 0 Å². The van der Waals surface area contributed by atoms with Gasteiger partial charge in [-0.05, 0) is 63.3 Å². The van der Waals surface area contributed by atoms with Crippen LogP contribution in [-0.4, -0.2) is 40.8 Å². The number of nitrogens with one attached hydrogen (secondary N) is 1. The van der Waals surface area contributed by atoms with E-state index in [0.717, 1.165) is 19.4 Å². The number of allylic oxidation sites excluding steroid dienone is 1. The van der Waals surface area contributed by atoms with Gasteiger partial charge in [-0.2, -0.15) is 5.10 Å². The molecule has 3 rings (SSSR count). The summed E-state index contributed by atoms with van der Waals surface area (Å²) in [6, 6.07) is 0. The van der Waals surface area contributed by atoms with E-state index in [-0.39, 0.29) is 0 Å². The maximum absolute atomic E-state index is 5.66. The predicted octanol–water partition coefficient (Wildman–Crippen LogP) is 2.59. The van der Waals surface area contributed by atoms with Crippen LogP contribution in [0.4, 0.5) is 0 Å². The van der Waals surface area contributed by atoms with Gasteiger partial charge in [0, 0.05) is 12.2 Å². The van der Waals surface area contributed by atoms with Crippen molar-refractivity contribution in [2.45, 2.75) is 44.6 Å². The second-order valence-electron chi connectivity index (χ2n) is 5.73. The molecule has 4 heteroatoms. The highest BCUT2D eigenvalue weighted by Crippen LogP contribution is 2.29. The quantitative estimate of drug-likeness (QED) is 0.909. The summed E-state index contributed by atoms with van der Waals surface area (Å²) >= 11 is 0. The summed E-state index contributed by atoms with van der Waals surface area (Å²) in [5.74, 6) is 0.683. The average Bonchev–Trinajstić information content (AvgIpc) is 2.87. The number of hydrogen-bond acceptors (Lipinski definition) is 3. The number of nitrogens with zero attached hydrogens (tertiary/aromatic N) is 2. The molecule has 0 aromatic carbocycles. The molecule has 2 aliphatic heterocycles. The minimum absolute atomic E-state index is 0.400. The minimum atomic E-state index is 0.400. The van der Waals surface area contributed by atoms with E-state index in [1.54, 1.807) is 0 Å². The Balaban J connectivity index is 1.49. The predicted molar refractivity (Wildman–Crippen MR) is 75.0 cm³/mol. The zero-order chi connectivity index (χ0) is 13.1. The Morgan fingerprint density at radius 3 is 2.84 bits per heavy atom. The van der Waals surface area contributed by atoms with Crippen LogP contribution in [-0.2, 0) is 4.74 Å². The third-order valence-electron chi connectivity index (χ3n) is 4.38. The van der Waals surface area contributed by atoms with Gasteiger partial charge in [0.1, 0.15) is 6.10 Å². The van der Waals surface area contributed by atoms with Crippen LogP contribution in [0.1, 0.15) is 42.9 Å². The van der Waals surface area contributed by atoms with Crippen LogP contribution in [0.5, 0.6) is 0 Å². The Labute approximate surface area is 114 Å². The molecule has 1 atom stereocenters. The first-order valence-electron chi connectivity index (χ1n) is 7.35. The number of rotatable bonds is 3. The van der Waals surface area contributed by atoms with Gasteiger partial charge in [-0.25, -0.2) is 0 Å². The molecule has 4 nitrogen and oxygen atoms in total. The summed E-state index contributed by atoms with van der Waals surface area (Å²) in [5, 5.41) is 7.19. The van der Waals surface area contributed by atoms with Gasteiger partial charge in [0.05, 0.1) is 12.5 Å². The smallest absolute Gasteiger partial charge is 0.111 e. The number of hydrogen-bond donors (Lipinski definition) is 1. The Kier molecular flexibility index (Phi) is 3.87. The molecule has 1 aromatic rings. The third kappa shape index (κ3) is 3.00. The number of ether oxygens (including phenoxy) is 1. The van der Waals surface area contributed by atoms with Crippen molar-refractivity contribution < 1.29 is 4.74 Å². The average molecular weight is 261 g/mol. The second-order valence-corrected chi connectivity index (χ2v) is 5.73. The molecule has 1 unspecified atom stereocenters. The standard InChI is InChI=1S/C15H23N3O/c1-12-15(10-16-17-12)13-5-7-18(8-6-13)11-14-4-2-3-9-19-14/h3,9-10,13-14H,2,4-8,11H2,1H3,(H,16,17). The minimum Gasteiger partial charge on any atom is -0.497 e. The van der Waals surface area contributed by atoms with Crippen LogP contribution in [0.2, 0.25) is 0 Å². The first kappa shape index (κ1) is 12.7.